The summed E-state index contributed by atoms with van der Waals surface area (Å²) in [6, 6.07) is 4.38. The van der Waals surface area contributed by atoms with Crippen molar-refractivity contribution in [1.29, 1.82) is 0 Å². The number of non-ortho nitro benzene ring substituents is 1. The number of nitro benzene ring substituents is 1. The van der Waals surface area contributed by atoms with Gasteiger partial charge in [0.25, 0.3) is 5.69 Å². The predicted molar refractivity (Wildman–Crippen MR) is 82.5 cm³/mol. The van der Waals surface area contributed by atoms with Crippen molar-refractivity contribution in [3.63, 3.8) is 0 Å². The Balaban J connectivity index is 2.16. The summed E-state index contributed by atoms with van der Waals surface area (Å²) in [6.45, 7) is 1.83. The first-order chi connectivity index (χ1) is 9.99. The lowest BCUT2D eigenvalue weighted by atomic mass is 10.1. The molecule has 7 heteroatoms. The summed E-state index contributed by atoms with van der Waals surface area (Å²) in [6.07, 6.45) is 1.56. The highest BCUT2D eigenvalue weighted by Gasteiger charge is 2.21. The van der Waals surface area contributed by atoms with Crippen LogP contribution in [0.1, 0.15) is 20.8 Å². The monoisotopic (exact) mass is 320 g/mol. The molecule has 0 amide bonds. The molecule has 1 aromatic carbocycles. The molecule has 0 saturated carbocycles. The van der Waals surface area contributed by atoms with Crippen molar-refractivity contribution in [3.05, 3.63) is 60.9 Å². The number of aromatic nitrogens is 1. The Morgan fingerprint density at radius 3 is 2.81 bits per heavy atom. The molecule has 0 spiro atoms. The molecule has 0 bridgehead atoms. The van der Waals surface area contributed by atoms with Crippen LogP contribution in [0.3, 0.4) is 0 Å². The van der Waals surface area contributed by atoms with Gasteiger partial charge in [0, 0.05) is 34.8 Å². The van der Waals surface area contributed by atoms with Gasteiger partial charge in [0.2, 0.25) is 5.78 Å². The van der Waals surface area contributed by atoms with Crippen molar-refractivity contribution in [2.75, 3.05) is 0 Å². The molecule has 3 aromatic rings. The van der Waals surface area contributed by atoms with Gasteiger partial charge in [0.05, 0.1) is 14.8 Å². The van der Waals surface area contributed by atoms with Crippen LogP contribution < -0.4 is 0 Å². The number of halogens is 1. The van der Waals surface area contributed by atoms with E-state index in [0.29, 0.717) is 26.4 Å². The normalized spacial score (nSPS) is 11.0. The molecular formula is C14H9ClN2O3S. The first-order valence-electron chi connectivity index (χ1n) is 6.03. The van der Waals surface area contributed by atoms with Crippen molar-refractivity contribution in [3.8, 4) is 0 Å². The van der Waals surface area contributed by atoms with Crippen LogP contribution in [-0.4, -0.2) is 15.7 Å². The maximum atomic E-state index is 12.6. The van der Waals surface area contributed by atoms with Crippen LogP contribution >= 0.6 is 22.9 Å². The van der Waals surface area contributed by atoms with Crippen molar-refractivity contribution < 1.29 is 9.72 Å². The smallest absolute Gasteiger partial charge is 0.270 e. The highest BCUT2D eigenvalue weighted by molar-refractivity contribution is 7.13. The Labute approximate surface area is 128 Å². The number of nitrogens with zero attached hydrogens (tertiary/aromatic N) is 1. The highest BCUT2D eigenvalue weighted by atomic mass is 35.5. The van der Waals surface area contributed by atoms with Gasteiger partial charge in [-0.05, 0) is 23.9 Å². The van der Waals surface area contributed by atoms with Crippen molar-refractivity contribution in [1.82, 2.24) is 4.98 Å². The number of aromatic amines is 1. The van der Waals surface area contributed by atoms with Crippen LogP contribution in [0.2, 0.25) is 5.02 Å². The summed E-state index contributed by atoms with van der Waals surface area (Å²) in [5, 5.41) is 13.6. The summed E-state index contributed by atoms with van der Waals surface area (Å²) in [5.41, 5.74) is 1.85. The van der Waals surface area contributed by atoms with Crippen LogP contribution in [0.15, 0.2) is 29.8 Å². The van der Waals surface area contributed by atoms with E-state index in [1.165, 1.54) is 23.5 Å². The van der Waals surface area contributed by atoms with Crippen LogP contribution in [0, 0.1) is 17.0 Å². The molecule has 0 aliphatic heterocycles. The molecule has 106 valence electrons. The number of rotatable bonds is 3. The fourth-order valence-corrected chi connectivity index (χ4v) is 3.35. The van der Waals surface area contributed by atoms with E-state index in [4.69, 9.17) is 11.6 Å². The molecule has 2 aromatic heterocycles. The highest BCUT2D eigenvalue weighted by Crippen LogP contribution is 2.32. The lowest BCUT2D eigenvalue weighted by molar-refractivity contribution is -0.384. The maximum absolute atomic E-state index is 12.6. The van der Waals surface area contributed by atoms with Crippen molar-refractivity contribution >= 4 is 45.3 Å². The third kappa shape index (κ3) is 2.22. The fraction of sp³-hybridized carbons (Fsp3) is 0.0714. The van der Waals surface area contributed by atoms with E-state index >= 15 is 0 Å². The Kier molecular flexibility index (Phi) is 3.27. The first kappa shape index (κ1) is 13.8. The molecule has 0 unspecified atom stereocenters. The second-order valence-corrected chi connectivity index (χ2v) is 5.84. The molecule has 0 aliphatic carbocycles. The van der Waals surface area contributed by atoms with Crippen LogP contribution in [0.25, 0.3) is 10.9 Å². The van der Waals surface area contributed by atoms with Gasteiger partial charge in [-0.2, -0.15) is 0 Å². The van der Waals surface area contributed by atoms with Gasteiger partial charge in [-0.1, -0.05) is 11.6 Å². The average Bonchev–Trinajstić information content (AvgIpc) is 3.02. The molecule has 5 nitrogen and oxygen atoms in total. The minimum Gasteiger partial charge on any atom is -0.360 e. The number of benzene rings is 1. The minimum absolute atomic E-state index is 0.0513. The second kappa shape index (κ2) is 4.98. The van der Waals surface area contributed by atoms with Crippen molar-refractivity contribution in [2.45, 2.75) is 6.92 Å². The standard InChI is InChI=1S/C14H9ClN2O3S/c1-7-6-21-14(12(7)15)13(18)10-5-16-11-3-2-8(17(19)20)4-9(10)11/h2-6,16H,1H3. The van der Waals surface area contributed by atoms with Crippen LogP contribution in [0.5, 0.6) is 0 Å². The zero-order valence-electron chi connectivity index (χ0n) is 10.8. The lowest BCUT2D eigenvalue weighted by Crippen LogP contribution is -1.98. The summed E-state index contributed by atoms with van der Waals surface area (Å²) in [7, 11) is 0. The summed E-state index contributed by atoms with van der Waals surface area (Å²) in [4.78, 5) is 26.4. The third-order valence-electron chi connectivity index (χ3n) is 3.23. The molecule has 21 heavy (non-hydrogen) atoms. The van der Waals surface area contributed by atoms with Gasteiger partial charge >= 0.3 is 0 Å². The predicted octanol–water partition coefficient (Wildman–Crippen LogP) is 4.33. The fourth-order valence-electron chi connectivity index (χ4n) is 2.12. The van der Waals surface area contributed by atoms with E-state index in [1.54, 1.807) is 12.3 Å². The largest absolute Gasteiger partial charge is 0.360 e. The lowest BCUT2D eigenvalue weighted by Gasteiger charge is -1.98. The average molecular weight is 321 g/mol. The summed E-state index contributed by atoms with van der Waals surface area (Å²) < 4.78 is 0. The number of H-pyrrole nitrogens is 1. The zero-order chi connectivity index (χ0) is 15.1. The Morgan fingerprint density at radius 2 is 2.19 bits per heavy atom. The Morgan fingerprint density at radius 1 is 1.43 bits per heavy atom. The number of carbonyl (C=O) groups is 1. The number of aryl methyl sites for hydroxylation is 1. The van der Waals surface area contributed by atoms with Gasteiger partial charge in [-0.25, -0.2) is 0 Å². The topological polar surface area (TPSA) is 76.0 Å². The number of hydrogen-bond acceptors (Lipinski definition) is 4. The maximum Gasteiger partial charge on any atom is 0.270 e. The van der Waals surface area contributed by atoms with Crippen LogP contribution in [-0.2, 0) is 0 Å². The number of fused-ring (bicyclic) bond motifs is 1. The SMILES string of the molecule is Cc1csc(C(=O)c2c[nH]c3ccc([N+](=O)[O-])cc23)c1Cl. The molecule has 1 N–H and O–H groups in total. The number of carbonyl (C=O) groups excluding carboxylic acids is 1. The molecule has 0 fully saturated rings. The van der Waals surface area contributed by atoms with Gasteiger partial charge in [0.1, 0.15) is 0 Å². The number of ketones is 1. The molecule has 0 atom stereocenters. The molecule has 0 saturated heterocycles. The third-order valence-corrected chi connectivity index (χ3v) is 4.92. The van der Waals surface area contributed by atoms with E-state index in [9.17, 15) is 14.9 Å². The Hall–Kier alpha value is -2.18. The zero-order valence-corrected chi connectivity index (χ0v) is 12.4. The number of nitrogens with one attached hydrogen (secondary N) is 1. The van der Waals surface area contributed by atoms with E-state index in [-0.39, 0.29) is 11.5 Å². The van der Waals surface area contributed by atoms with Gasteiger partial charge in [0.15, 0.2) is 0 Å². The molecule has 3 rings (SSSR count). The van der Waals surface area contributed by atoms with Gasteiger partial charge < -0.3 is 4.98 Å². The van der Waals surface area contributed by atoms with Crippen LogP contribution in [0.4, 0.5) is 5.69 Å². The number of nitro groups is 1. The van der Waals surface area contributed by atoms with Gasteiger partial charge in [-0.15, -0.1) is 11.3 Å². The van der Waals surface area contributed by atoms with E-state index in [2.05, 4.69) is 4.98 Å². The van der Waals surface area contributed by atoms with Crippen molar-refractivity contribution in [2.24, 2.45) is 0 Å². The summed E-state index contributed by atoms with van der Waals surface area (Å²) in [5.74, 6) is -0.232. The van der Waals surface area contributed by atoms with E-state index in [0.717, 1.165) is 5.56 Å². The number of hydrogen-bond donors (Lipinski definition) is 1. The molecule has 0 aliphatic rings. The second-order valence-electron chi connectivity index (χ2n) is 4.58. The van der Waals surface area contributed by atoms with E-state index in [1.807, 2.05) is 12.3 Å². The van der Waals surface area contributed by atoms with Gasteiger partial charge in [-0.3, -0.25) is 14.9 Å². The molecule has 2 heterocycles. The Bertz CT molecular complexity index is 882. The quantitative estimate of drug-likeness (QED) is 0.443. The minimum atomic E-state index is -0.483. The number of thiophene rings is 1. The first-order valence-corrected chi connectivity index (χ1v) is 7.28. The molecular weight excluding hydrogens is 312 g/mol. The summed E-state index contributed by atoms with van der Waals surface area (Å²) >= 11 is 7.40. The van der Waals surface area contributed by atoms with E-state index < -0.39 is 4.92 Å². The molecule has 0 radical (unpaired) electrons.